The number of anilines is 1. The van der Waals surface area contributed by atoms with E-state index in [1.165, 1.54) is 6.20 Å². The van der Waals surface area contributed by atoms with Crippen molar-refractivity contribution in [2.75, 3.05) is 5.32 Å². The Morgan fingerprint density at radius 3 is 2.75 bits per heavy atom. The first-order valence-electron chi connectivity index (χ1n) is 9.79. The molecule has 32 heavy (non-hydrogen) atoms. The molecule has 3 aromatic heterocycles. The van der Waals surface area contributed by atoms with Crippen molar-refractivity contribution in [1.29, 1.82) is 0 Å². The number of hydrogen-bond acceptors (Lipinski definition) is 5. The summed E-state index contributed by atoms with van der Waals surface area (Å²) in [7, 11) is 0. The van der Waals surface area contributed by atoms with Crippen LogP contribution in [0.4, 0.5) is 5.69 Å². The number of carbonyl (C=O) groups excluding carboxylic acids is 1. The lowest BCUT2D eigenvalue weighted by Gasteiger charge is -2.06. The Labute approximate surface area is 187 Å². The number of para-hydroxylation sites is 1. The maximum Gasteiger partial charge on any atom is 0.257 e. The molecule has 9 heteroatoms. The SMILES string of the molecule is O=C(Nc1ccc(-c2n[nH]c(=S)n2/N=C/c2c[nH]c3ccccc23)cc1)c1cccnc1. The Morgan fingerprint density at radius 2 is 1.94 bits per heavy atom. The Hall–Kier alpha value is -4.37. The molecular formula is C23H17N7OS. The van der Waals surface area contributed by atoms with Gasteiger partial charge in [0.1, 0.15) is 0 Å². The number of pyridine rings is 1. The number of carbonyl (C=O) groups is 1. The van der Waals surface area contributed by atoms with Crippen molar-refractivity contribution in [3.63, 3.8) is 0 Å². The van der Waals surface area contributed by atoms with Crippen LogP contribution in [0.1, 0.15) is 15.9 Å². The number of rotatable bonds is 5. The van der Waals surface area contributed by atoms with Gasteiger partial charge in [-0.05, 0) is 54.7 Å². The molecule has 0 unspecified atom stereocenters. The summed E-state index contributed by atoms with van der Waals surface area (Å²) >= 11 is 5.36. The Morgan fingerprint density at radius 1 is 1.09 bits per heavy atom. The predicted molar refractivity (Wildman–Crippen MR) is 126 cm³/mol. The van der Waals surface area contributed by atoms with Gasteiger partial charge in [0, 0.05) is 46.3 Å². The van der Waals surface area contributed by atoms with E-state index in [1.807, 2.05) is 42.6 Å². The van der Waals surface area contributed by atoms with Gasteiger partial charge in [0.2, 0.25) is 4.77 Å². The number of aromatic nitrogens is 5. The number of H-pyrrole nitrogens is 2. The van der Waals surface area contributed by atoms with E-state index in [0.717, 1.165) is 22.0 Å². The van der Waals surface area contributed by atoms with Gasteiger partial charge in [0.25, 0.3) is 5.91 Å². The van der Waals surface area contributed by atoms with Gasteiger partial charge in [-0.25, -0.2) is 5.10 Å². The predicted octanol–water partition coefficient (Wildman–Crippen LogP) is 4.62. The van der Waals surface area contributed by atoms with E-state index in [-0.39, 0.29) is 5.91 Å². The number of amides is 1. The van der Waals surface area contributed by atoms with Gasteiger partial charge in [-0.1, -0.05) is 18.2 Å². The van der Waals surface area contributed by atoms with Crippen molar-refractivity contribution in [1.82, 2.24) is 24.8 Å². The first kappa shape index (κ1) is 19.6. The molecule has 0 saturated carbocycles. The van der Waals surface area contributed by atoms with Crippen LogP contribution in [0.25, 0.3) is 22.3 Å². The highest BCUT2D eigenvalue weighted by molar-refractivity contribution is 7.71. The standard InChI is InChI=1S/C23H17N7OS/c31-22(16-4-3-11-24-12-16)27-18-9-7-15(8-10-18)21-28-29-23(32)30(21)26-14-17-13-25-20-6-2-1-5-19(17)20/h1-14,25H,(H,27,31)(H,29,32)/b26-14+. The smallest absolute Gasteiger partial charge is 0.257 e. The number of benzene rings is 2. The maximum absolute atomic E-state index is 12.3. The molecule has 0 bridgehead atoms. The van der Waals surface area contributed by atoms with Gasteiger partial charge < -0.3 is 10.3 Å². The third-order valence-corrected chi connectivity index (χ3v) is 5.17. The van der Waals surface area contributed by atoms with Crippen LogP contribution in [0, 0.1) is 4.77 Å². The van der Waals surface area contributed by atoms with E-state index < -0.39 is 0 Å². The fourth-order valence-corrected chi connectivity index (χ4v) is 3.49. The van der Waals surface area contributed by atoms with Crippen molar-refractivity contribution < 1.29 is 4.79 Å². The van der Waals surface area contributed by atoms with E-state index in [0.29, 0.717) is 21.8 Å². The van der Waals surface area contributed by atoms with Gasteiger partial charge in [0.05, 0.1) is 11.8 Å². The first-order chi connectivity index (χ1) is 15.7. The normalized spacial score (nSPS) is 11.2. The molecule has 5 aromatic rings. The van der Waals surface area contributed by atoms with Crippen LogP contribution < -0.4 is 5.32 Å². The number of nitrogens with one attached hydrogen (secondary N) is 3. The van der Waals surface area contributed by atoms with Crippen LogP contribution in [-0.4, -0.2) is 37.0 Å². The quantitative estimate of drug-likeness (QED) is 0.275. The molecule has 5 rings (SSSR count). The molecule has 0 atom stereocenters. The lowest BCUT2D eigenvalue weighted by Crippen LogP contribution is -2.11. The highest BCUT2D eigenvalue weighted by Crippen LogP contribution is 2.21. The lowest BCUT2D eigenvalue weighted by molar-refractivity contribution is 0.102. The third kappa shape index (κ3) is 3.84. The summed E-state index contributed by atoms with van der Waals surface area (Å²) in [5.41, 5.74) is 3.93. The minimum absolute atomic E-state index is 0.225. The zero-order valence-corrected chi connectivity index (χ0v) is 17.5. The van der Waals surface area contributed by atoms with Crippen LogP contribution in [0.3, 0.4) is 0 Å². The topological polar surface area (TPSA) is 104 Å². The highest BCUT2D eigenvalue weighted by Gasteiger charge is 2.10. The molecule has 0 aliphatic heterocycles. The number of fused-ring (bicyclic) bond motifs is 1. The summed E-state index contributed by atoms with van der Waals surface area (Å²) in [6.07, 6.45) is 6.79. The molecular weight excluding hydrogens is 422 g/mol. The Balaban J connectivity index is 1.39. The third-order valence-electron chi connectivity index (χ3n) is 4.91. The first-order valence-corrected chi connectivity index (χ1v) is 10.2. The van der Waals surface area contributed by atoms with Crippen molar-refractivity contribution in [3.05, 3.63) is 95.2 Å². The summed E-state index contributed by atoms with van der Waals surface area (Å²) in [6.45, 7) is 0. The van der Waals surface area contributed by atoms with Gasteiger partial charge in [-0.15, -0.1) is 0 Å². The molecule has 0 saturated heterocycles. The summed E-state index contributed by atoms with van der Waals surface area (Å²) < 4.78 is 1.95. The van der Waals surface area contributed by atoms with E-state index in [1.54, 1.807) is 41.4 Å². The van der Waals surface area contributed by atoms with Gasteiger partial charge in [-0.2, -0.15) is 14.9 Å². The molecule has 3 N–H and O–H groups in total. The molecule has 2 aromatic carbocycles. The second-order valence-corrected chi connectivity index (χ2v) is 7.36. The van der Waals surface area contributed by atoms with Gasteiger partial charge >= 0.3 is 0 Å². The van der Waals surface area contributed by atoms with Gasteiger partial charge in [0.15, 0.2) is 5.82 Å². The van der Waals surface area contributed by atoms with Crippen LogP contribution in [0.5, 0.6) is 0 Å². The number of aromatic amines is 2. The molecule has 0 aliphatic carbocycles. The highest BCUT2D eigenvalue weighted by atomic mass is 32.1. The largest absolute Gasteiger partial charge is 0.361 e. The van der Waals surface area contributed by atoms with Crippen LogP contribution >= 0.6 is 12.2 Å². The summed E-state index contributed by atoms with van der Waals surface area (Å²) in [6, 6.07) is 18.7. The fourth-order valence-electron chi connectivity index (χ4n) is 3.31. The van der Waals surface area contributed by atoms with Crippen LogP contribution in [0.2, 0.25) is 0 Å². The zero-order valence-electron chi connectivity index (χ0n) is 16.7. The van der Waals surface area contributed by atoms with Gasteiger partial charge in [-0.3, -0.25) is 9.78 Å². The van der Waals surface area contributed by atoms with Crippen molar-refractivity contribution >= 4 is 40.9 Å². The molecule has 1 amide bonds. The lowest BCUT2D eigenvalue weighted by atomic mass is 10.2. The molecule has 156 valence electrons. The summed E-state index contributed by atoms with van der Waals surface area (Å²) in [4.78, 5) is 19.5. The molecule has 8 nitrogen and oxygen atoms in total. The van der Waals surface area contributed by atoms with Crippen LogP contribution in [-0.2, 0) is 0 Å². The summed E-state index contributed by atoms with van der Waals surface area (Å²) in [5, 5.41) is 15.6. The van der Waals surface area contributed by atoms with Crippen molar-refractivity contribution in [2.24, 2.45) is 5.10 Å². The molecule has 0 aliphatic rings. The zero-order chi connectivity index (χ0) is 21.9. The average Bonchev–Trinajstić information content (AvgIpc) is 3.42. The fraction of sp³-hybridized carbons (Fsp3) is 0. The van der Waals surface area contributed by atoms with Crippen molar-refractivity contribution in [3.8, 4) is 11.4 Å². The Kier molecular flexibility index (Phi) is 5.14. The van der Waals surface area contributed by atoms with Crippen LogP contribution in [0.15, 0.2) is 84.4 Å². The molecule has 0 spiro atoms. The summed E-state index contributed by atoms with van der Waals surface area (Å²) in [5.74, 6) is 0.341. The molecule has 0 fully saturated rings. The second kappa shape index (κ2) is 8.40. The molecule has 0 radical (unpaired) electrons. The van der Waals surface area contributed by atoms with Crippen molar-refractivity contribution in [2.45, 2.75) is 0 Å². The average molecular weight is 440 g/mol. The molecule has 3 heterocycles. The second-order valence-electron chi connectivity index (χ2n) is 6.97. The van der Waals surface area contributed by atoms with E-state index >= 15 is 0 Å². The number of hydrogen-bond donors (Lipinski definition) is 3. The van der Waals surface area contributed by atoms with E-state index in [4.69, 9.17) is 12.2 Å². The minimum atomic E-state index is -0.225. The van der Waals surface area contributed by atoms with E-state index in [9.17, 15) is 4.79 Å². The monoisotopic (exact) mass is 439 g/mol. The Bertz CT molecular complexity index is 1480. The minimum Gasteiger partial charge on any atom is -0.361 e. The van der Waals surface area contributed by atoms with E-state index in [2.05, 4.69) is 30.6 Å². The maximum atomic E-state index is 12.3. The number of nitrogens with zero attached hydrogens (tertiary/aromatic N) is 4.